The van der Waals surface area contributed by atoms with Crippen LogP contribution in [0, 0.1) is 32.1 Å². The Morgan fingerprint density at radius 1 is 1.29 bits per heavy atom. The van der Waals surface area contributed by atoms with Crippen molar-refractivity contribution in [3.63, 3.8) is 0 Å². The number of hydrogen-bond acceptors (Lipinski definition) is 3. The molecule has 0 spiro atoms. The molecule has 90 valence electrons. The summed E-state index contributed by atoms with van der Waals surface area (Å²) < 4.78 is 5.36. The molecule has 0 aliphatic carbocycles. The minimum Gasteiger partial charge on any atom is -0.376 e. The molecule has 3 nitrogen and oxygen atoms in total. The van der Waals surface area contributed by atoms with E-state index in [2.05, 4.69) is 43.9 Å². The van der Waals surface area contributed by atoms with E-state index in [-0.39, 0.29) is 6.04 Å². The van der Waals surface area contributed by atoms with Crippen LogP contribution in [0.3, 0.4) is 0 Å². The molecule has 0 bridgehead atoms. The summed E-state index contributed by atoms with van der Waals surface area (Å²) in [5, 5.41) is 9.19. The Hall–Kier alpha value is -1.53. The van der Waals surface area contributed by atoms with E-state index in [1.54, 1.807) is 0 Å². The van der Waals surface area contributed by atoms with Gasteiger partial charge in [0.1, 0.15) is 6.04 Å². The van der Waals surface area contributed by atoms with Crippen LogP contribution in [-0.2, 0) is 4.74 Å². The first-order valence-corrected chi connectivity index (χ1v) is 5.95. The zero-order valence-electron chi connectivity index (χ0n) is 10.7. The lowest BCUT2D eigenvalue weighted by Crippen LogP contribution is -2.45. The Labute approximate surface area is 103 Å². The third-order valence-electron chi connectivity index (χ3n) is 3.20. The van der Waals surface area contributed by atoms with Crippen molar-refractivity contribution in [3.8, 4) is 6.07 Å². The molecule has 1 aromatic carbocycles. The maximum absolute atomic E-state index is 9.19. The van der Waals surface area contributed by atoms with E-state index in [0.717, 1.165) is 6.54 Å². The summed E-state index contributed by atoms with van der Waals surface area (Å²) in [4.78, 5) is 2.17. The number of morpholine rings is 1. The molecule has 1 aliphatic rings. The zero-order valence-corrected chi connectivity index (χ0v) is 10.7. The van der Waals surface area contributed by atoms with Crippen LogP contribution >= 0.6 is 0 Å². The molecule has 0 N–H and O–H groups in total. The number of anilines is 1. The Kier molecular flexibility index (Phi) is 3.35. The summed E-state index contributed by atoms with van der Waals surface area (Å²) in [6.07, 6.45) is 0. The molecule has 1 heterocycles. The lowest BCUT2D eigenvalue weighted by Gasteiger charge is -2.35. The van der Waals surface area contributed by atoms with Crippen LogP contribution in [0.15, 0.2) is 12.1 Å². The molecule has 1 atom stereocenters. The second-order valence-corrected chi connectivity index (χ2v) is 4.66. The van der Waals surface area contributed by atoms with Crippen LogP contribution in [-0.4, -0.2) is 25.8 Å². The molecular formula is C14H18N2O. The van der Waals surface area contributed by atoms with Gasteiger partial charge in [0.25, 0.3) is 0 Å². The number of nitrogens with zero attached hydrogens (tertiary/aromatic N) is 2. The summed E-state index contributed by atoms with van der Waals surface area (Å²) in [5.41, 5.74) is 4.95. The van der Waals surface area contributed by atoms with Crippen molar-refractivity contribution in [2.75, 3.05) is 24.7 Å². The second-order valence-electron chi connectivity index (χ2n) is 4.66. The zero-order chi connectivity index (χ0) is 12.4. The van der Waals surface area contributed by atoms with Crippen LogP contribution in [0.25, 0.3) is 0 Å². The number of ether oxygens (including phenoxy) is 1. The van der Waals surface area contributed by atoms with E-state index in [1.165, 1.54) is 22.4 Å². The van der Waals surface area contributed by atoms with Gasteiger partial charge in [-0.3, -0.25) is 0 Å². The van der Waals surface area contributed by atoms with E-state index in [4.69, 9.17) is 4.74 Å². The molecule has 0 saturated carbocycles. The lowest BCUT2D eigenvalue weighted by molar-refractivity contribution is 0.107. The highest BCUT2D eigenvalue weighted by molar-refractivity contribution is 5.61. The van der Waals surface area contributed by atoms with Crippen molar-refractivity contribution >= 4 is 5.69 Å². The summed E-state index contributed by atoms with van der Waals surface area (Å²) in [6.45, 7) is 8.32. The Morgan fingerprint density at radius 3 is 2.53 bits per heavy atom. The molecule has 0 amide bonds. The van der Waals surface area contributed by atoms with Crippen molar-refractivity contribution in [2.45, 2.75) is 26.8 Å². The fraction of sp³-hybridized carbons (Fsp3) is 0.500. The number of rotatable bonds is 1. The number of benzene rings is 1. The van der Waals surface area contributed by atoms with Crippen LogP contribution in [0.2, 0.25) is 0 Å². The minimum atomic E-state index is -0.163. The first-order valence-electron chi connectivity index (χ1n) is 5.95. The Morgan fingerprint density at radius 2 is 1.94 bits per heavy atom. The molecule has 0 radical (unpaired) electrons. The fourth-order valence-corrected chi connectivity index (χ4v) is 2.60. The lowest BCUT2D eigenvalue weighted by atomic mass is 10.0. The third kappa shape index (κ3) is 2.27. The van der Waals surface area contributed by atoms with E-state index in [9.17, 15) is 5.26 Å². The van der Waals surface area contributed by atoms with E-state index >= 15 is 0 Å². The Bertz CT molecular complexity index is 439. The number of hydrogen-bond donors (Lipinski definition) is 0. The average Bonchev–Trinajstić information content (AvgIpc) is 2.28. The van der Waals surface area contributed by atoms with E-state index in [1.807, 2.05) is 0 Å². The van der Waals surface area contributed by atoms with Gasteiger partial charge < -0.3 is 9.64 Å². The minimum absolute atomic E-state index is 0.163. The van der Waals surface area contributed by atoms with Crippen LogP contribution < -0.4 is 4.90 Å². The van der Waals surface area contributed by atoms with Gasteiger partial charge in [-0.2, -0.15) is 5.26 Å². The summed E-state index contributed by atoms with van der Waals surface area (Å²) in [6, 6.07) is 6.51. The van der Waals surface area contributed by atoms with Crippen molar-refractivity contribution in [3.05, 3.63) is 28.8 Å². The van der Waals surface area contributed by atoms with Gasteiger partial charge in [-0.1, -0.05) is 17.7 Å². The van der Waals surface area contributed by atoms with E-state index in [0.29, 0.717) is 13.2 Å². The van der Waals surface area contributed by atoms with Gasteiger partial charge in [0, 0.05) is 12.2 Å². The molecule has 3 heteroatoms. The van der Waals surface area contributed by atoms with Crippen molar-refractivity contribution in [1.29, 1.82) is 5.26 Å². The van der Waals surface area contributed by atoms with Gasteiger partial charge in [-0.15, -0.1) is 0 Å². The summed E-state index contributed by atoms with van der Waals surface area (Å²) >= 11 is 0. The molecule has 1 unspecified atom stereocenters. The van der Waals surface area contributed by atoms with Crippen LogP contribution in [0.1, 0.15) is 16.7 Å². The second kappa shape index (κ2) is 4.77. The predicted molar refractivity (Wildman–Crippen MR) is 68.2 cm³/mol. The van der Waals surface area contributed by atoms with Crippen LogP contribution in [0.5, 0.6) is 0 Å². The average molecular weight is 230 g/mol. The monoisotopic (exact) mass is 230 g/mol. The van der Waals surface area contributed by atoms with Gasteiger partial charge in [-0.25, -0.2) is 0 Å². The van der Waals surface area contributed by atoms with Crippen molar-refractivity contribution < 1.29 is 4.74 Å². The quantitative estimate of drug-likeness (QED) is 0.743. The van der Waals surface area contributed by atoms with Gasteiger partial charge >= 0.3 is 0 Å². The standard InChI is InChI=1S/C14H18N2O/c1-10-6-11(2)14(12(3)7-10)16-4-5-17-9-13(16)8-15/h6-7,13H,4-5,9H2,1-3H3. The molecule has 1 aromatic rings. The topological polar surface area (TPSA) is 36.3 Å². The largest absolute Gasteiger partial charge is 0.376 e. The van der Waals surface area contributed by atoms with Crippen LogP contribution in [0.4, 0.5) is 5.69 Å². The third-order valence-corrected chi connectivity index (χ3v) is 3.20. The first kappa shape index (κ1) is 11.9. The summed E-state index contributed by atoms with van der Waals surface area (Å²) in [5.74, 6) is 0. The molecule has 1 aliphatic heterocycles. The predicted octanol–water partition coefficient (Wildman–Crippen LogP) is 2.34. The normalized spacial score (nSPS) is 20.1. The van der Waals surface area contributed by atoms with Gasteiger partial charge in [0.2, 0.25) is 0 Å². The number of aryl methyl sites for hydroxylation is 3. The highest BCUT2D eigenvalue weighted by atomic mass is 16.5. The van der Waals surface area contributed by atoms with Gasteiger partial charge in [0.15, 0.2) is 0 Å². The smallest absolute Gasteiger partial charge is 0.140 e. The Balaban J connectivity index is 2.42. The van der Waals surface area contributed by atoms with Crippen molar-refractivity contribution in [1.82, 2.24) is 0 Å². The molecule has 2 rings (SSSR count). The first-order chi connectivity index (χ1) is 8.13. The van der Waals surface area contributed by atoms with Gasteiger partial charge in [-0.05, 0) is 31.9 Å². The van der Waals surface area contributed by atoms with E-state index < -0.39 is 0 Å². The fourth-order valence-electron chi connectivity index (χ4n) is 2.60. The number of nitriles is 1. The highest BCUT2D eigenvalue weighted by Crippen LogP contribution is 2.28. The SMILES string of the molecule is Cc1cc(C)c(N2CCOCC2C#N)c(C)c1. The van der Waals surface area contributed by atoms with Gasteiger partial charge in [0.05, 0.1) is 19.3 Å². The maximum atomic E-state index is 9.19. The van der Waals surface area contributed by atoms with Crippen molar-refractivity contribution in [2.24, 2.45) is 0 Å². The maximum Gasteiger partial charge on any atom is 0.140 e. The molecule has 1 saturated heterocycles. The molecular weight excluding hydrogens is 212 g/mol. The molecule has 17 heavy (non-hydrogen) atoms. The summed E-state index contributed by atoms with van der Waals surface area (Å²) in [7, 11) is 0. The molecule has 1 fully saturated rings. The molecule has 0 aromatic heterocycles. The highest BCUT2D eigenvalue weighted by Gasteiger charge is 2.25.